The minimum atomic E-state index is -0.610. The van der Waals surface area contributed by atoms with Gasteiger partial charge in [0.15, 0.2) is 11.5 Å². The standard InChI is InChI=1S/C25H25FO8.C4H8/c1-16(2)24(28)32-11-9-30-22-8-5-18(20-7-6-19(34-15-27)14-21(20)26)13-23(22)31-10-12-33-25(29)17(3)4;1-4(2)3/h5-8,13-15H,1,3,9-12H2,2,4H3;1H2,2-3H3. The fourth-order valence-corrected chi connectivity index (χ4v) is 2.58. The molecule has 0 aliphatic heterocycles. The molecule has 0 aliphatic rings. The van der Waals surface area contributed by atoms with Crippen LogP contribution in [0.3, 0.4) is 0 Å². The van der Waals surface area contributed by atoms with E-state index in [1.54, 1.807) is 18.2 Å². The van der Waals surface area contributed by atoms with Crippen LogP contribution in [0.15, 0.2) is 72.9 Å². The van der Waals surface area contributed by atoms with E-state index in [-0.39, 0.29) is 61.1 Å². The molecule has 0 amide bonds. The summed E-state index contributed by atoms with van der Waals surface area (Å²) in [4.78, 5) is 33.5. The highest BCUT2D eigenvalue weighted by atomic mass is 19.1. The van der Waals surface area contributed by atoms with Gasteiger partial charge in [-0.2, -0.15) is 0 Å². The first-order valence-corrected chi connectivity index (χ1v) is 11.5. The lowest BCUT2D eigenvalue weighted by Crippen LogP contribution is -2.14. The van der Waals surface area contributed by atoms with E-state index in [2.05, 4.69) is 24.5 Å². The molecule has 2 rings (SSSR count). The molecular weight excluding hydrogens is 495 g/mol. The Labute approximate surface area is 222 Å². The van der Waals surface area contributed by atoms with Gasteiger partial charge in [0.25, 0.3) is 6.47 Å². The van der Waals surface area contributed by atoms with Crippen molar-refractivity contribution >= 4 is 18.4 Å². The van der Waals surface area contributed by atoms with Crippen molar-refractivity contribution in [3.05, 3.63) is 78.7 Å². The molecular formula is C29H33FO8. The van der Waals surface area contributed by atoms with Crippen LogP contribution in [-0.4, -0.2) is 44.8 Å². The van der Waals surface area contributed by atoms with Crippen molar-refractivity contribution in [2.24, 2.45) is 0 Å². The Balaban J connectivity index is 0.00000168. The maximum absolute atomic E-state index is 14.6. The zero-order valence-corrected chi connectivity index (χ0v) is 22.1. The van der Waals surface area contributed by atoms with E-state index >= 15 is 0 Å². The van der Waals surface area contributed by atoms with Gasteiger partial charge in [0.05, 0.1) is 0 Å². The number of hydrogen-bond donors (Lipinski definition) is 0. The second-order valence-corrected chi connectivity index (χ2v) is 8.25. The molecule has 0 unspecified atom stereocenters. The van der Waals surface area contributed by atoms with Crippen LogP contribution in [-0.2, 0) is 23.9 Å². The third kappa shape index (κ3) is 11.6. The van der Waals surface area contributed by atoms with Gasteiger partial charge >= 0.3 is 11.9 Å². The van der Waals surface area contributed by atoms with Gasteiger partial charge in [0.2, 0.25) is 0 Å². The minimum absolute atomic E-state index is 0.00191. The Morgan fingerprint density at radius 3 is 1.79 bits per heavy atom. The van der Waals surface area contributed by atoms with E-state index in [1.807, 2.05) is 13.8 Å². The maximum Gasteiger partial charge on any atom is 0.333 e. The molecule has 2 aromatic carbocycles. The van der Waals surface area contributed by atoms with E-state index in [0.717, 1.165) is 6.07 Å². The lowest BCUT2D eigenvalue weighted by Gasteiger charge is -2.15. The smallest absolute Gasteiger partial charge is 0.333 e. The predicted octanol–water partition coefficient (Wildman–Crippen LogP) is 5.61. The van der Waals surface area contributed by atoms with Gasteiger partial charge in [-0.3, -0.25) is 4.79 Å². The Morgan fingerprint density at radius 1 is 0.789 bits per heavy atom. The molecule has 0 bridgehead atoms. The van der Waals surface area contributed by atoms with Gasteiger partial charge < -0.3 is 23.7 Å². The zero-order chi connectivity index (χ0) is 28.7. The summed E-state index contributed by atoms with van der Waals surface area (Å²) in [5.74, 6) is -1.07. The Morgan fingerprint density at radius 2 is 1.32 bits per heavy atom. The van der Waals surface area contributed by atoms with E-state index in [9.17, 15) is 18.8 Å². The summed E-state index contributed by atoms with van der Waals surface area (Å²) in [5, 5.41) is 0. The van der Waals surface area contributed by atoms with E-state index in [4.69, 9.17) is 18.9 Å². The van der Waals surface area contributed by atoms with E-state index in [0.29, 0.717) is 11.3 Å². The third-order valence-corrected chi connectivity index (χ3v) is 4.22. The number of esters is 2. The number of carbonyl (C=O) groups excluding carboxylic acids is 3. The first-order chi connectivity index (χ1) is 18.0. The molecule has 0 saturated carbocycles. The number of hydrogen-bond acceptors (Lipinski definition) is 8. The first-order valence-electron chi connectivity index (χ1n) is 11.5. The molecule has 2 aromatic rings. The van der Waals surface area contributed by atoms with Gasteiger partial charge in [-0.25, -0.2) is 14.0 Å². The minimum Gasteiger partial charge on any atom is -0.486 e. The number of ether oxygens (including phenoxy) is 5. The third-order valence-electron chi connectivity index (χ3n) is 4.22. The van der Waals surface area contributed by atoms with Crippen LogP contribution < -0.4 is 14.2 Å². The number of carbonyl (C=O) groups is 3. The van der Waals surface area contributed by atoms with Crippen molar-refractivity contribution in [3.8, 4) is 28.4 Å². The summed E-state index contributed by atoms with van der Waals surface area (Å²) in [7, 11) is 0. The van der Waals surface area contributed by atoms with Crippen molar-refractivity contribution in [1.29, 1.82) is 0 Å². The van der Waals surface area contributed by atoms with Crippen molar-refractivity contribution in [2.45, 2.75) is 27.7 Å². The van der Waals surface area contributed by atoms with Crippen LogP contribution in [0, 0.1) is 5.82 Å². The van der Waals surface area contributed by atoms with E-state index in [1.165, 1.54) is 31.6 Å². The van der Waals surface area contributed by atoms with Crippen molar-refractivity contribution in [3.63, 3.8) is 0 Å². The average molecular weight is 529 g/mol. The molecule has 9 heteroatoms. The molecule has 0 saturated heterocycles. The van der Waals surface area contributed by atoms with Gasteiger partial charge in [-0.05, 0) is 57.5 Å². The monoisotopic (exact) mass is 528 g/mol. The quantitative estimate of drug-likeness (QED) is 0.109. The number of benzene rings is 2. The summed E-state index contributed by atoms with van der Waals surface area (Å²) in [6, 6.07) is 8.72. The molecule has 0 atom stereocenters. The molecule has 0 spiro atoms. The van der Waals surface area contributed by atoms with Crippen LogP contribution in [0.4, 0.5) is 4.39 Å². The number of halogens is 1. The summed E-state index contributed by atoms with van der Waals surface area (Å²) in [6.07, 6.45) is 0. The van der Waals surface area contributed by atoms with Crippen LogP contribution in [0.2, 0.25) is 0 Å². The molecule has 0 aliphatic carbocycles. The maximum atomic E-state index is 14.6. The van der Waals surface area contributed by atoms with Crippen molar-refractivity contribution < 1.29 is 42.5 Å². The first kappa shape index (κ1) is 31.6. The van der Waals surface area contributed by atoms with Crippen molar-refractivity contribution in [2.75, 3.05) is 26.4 Å². The molecule has 0 radical (unpaired) electrons. The molecule has 0 aromatic heterocycles. The highest BCUT2D eigenvalue weighted by Crippen LogP contribution is 2.34. The molecule has 0 N–H and O–H groups in total. The fourth-order valence-electron chi connectivity index (χ4n) is 2.58. The highest BCUT2D eigenvalue weighted by Gasteiger charge is 2.13. The predicted molar refractivity (Wildman–Crippen MR) is 142 cm³/mol. The lowest BCUT2D eigenvalue weighted by molar-refractivity contribution is -0.140. The highest BCUT2D eigenvalue weighted by molar-refractivity contribution is 5.87. The Kier molecular flexibility index (Phi) is 13.6. The Bertz CT molecular complexity index is 1170. The van der Waals surface area contributed by atoms with Crippen LogP contribution >= 0.6 is 0 Å². The lowest BCUT2D eigenvalue weighted by atomic mass is 10.0. The SMILES string of the molecule is C=C(C)C.C=C(C)C(=O)OCCOc1ccc(-c2ccc(OC=O)cc2F)cc1OCCOC(=O)C(=C)C. The van der Waals surface area contributed by atoms with Crippen LogP contribution in [0.1, 0.15) is 27.7 Å². The normalized spacial score (nSPS) is 9.71. The molecule has 0 fully saturated rings. The number of rotatable bonds is 13. The molecule has 204 valence electrons. The topological polar surface area (TPSA) is 97.4 Å². The summed E-state index contributed by atoms with van der Waals surface area (Å²) in [5.41, 5.74) is 2.39. The van der Waals surface area contributed by atoms with Crippen LogP contribution in [0.25, 0.3) is 11.1 Å². The average Bonchev–Trinajstić information content (AvgIpc) is 2.84. The van der Waals surface area contributed by atoms with Gasteiger partial charge in [0, 0.05) is 22.8 Å². The fraction of sp³-hybridized carbons (Fsp3) is 0.276. The number of allylic oxidation sites excluding steroid dienone is 1. The van der Waals surface area contributed by atoms with Gasteiger partial charge in [-0.15, -0.1) is 6.58 Å². The van der Waals surface area contributed by atoms with Gasteiger partial charge in [-0.1, -0.05) is 24.8 Å². The zero-order valence-electron chi connectivity index (χ0n) is 22.1. The van der Waals surface area contributed by atoms with Gasteiger partial charge in [0.1, 0.15) is 38.0 Å². The second-order valence-electron chi connectivity index (χ2n) is 8.25. The summed E-state index contributed by atoms with van der Waals surface area (Å²) < 4.78 is 40.6. The molecule has 0 heterocycles. The molecule has 38 heavy (non-hydrogen) atoms. The summed E-state index contributed by atoms with van der Waals surface area (Å²) in [6.45, 7) is 17.7. The molecule has 8 nitrogen and oxygen atoms in total. The van der Waals surface area contributed by atoms with Crippen LogP contribution in [0.5, 0.6) is 17.2 Å². The van der Waals surface area contributed by atoms with Crippen molar-refractivity contribution in [1.82, 2.24) is 0 Å². The van der Waals surface area contributed by atoms with E-state index < -0.39 is 17.8 Å². The second kappa shape index (κ2) is 16.4. The Hall–Kier alpha value is -4.40. The largest absolute Gasteiger partial charge is 0.486 e. The summed E-state index contributed by atoms with van der Waals surface area (Å²) >= 11 is 0.